The quantitative estimate of drug-likeness (QED) is 0.339. The van der Waals surface area contributed by atoms with Gasteiger partial charge in [-0.25, -0.2) is 4.39 Å². The molecule has 2 amide bonds. The van der Waals surface area contributed by atoms with Crippen LogP contribution in [0.3, 0.4) is 0 Å². The number of thioether (sulfide) groups is 1. The van der Waals surface area contributed by atoms with Crippen molar-refractivity contribution in [2.24, 2.45) is 0 Å². The molecule has 0 radical (unpaired) electrons. The normalized spacial score (nSPS) is 14.5. The average Bonchev–Trinajstić information content (AvgIpc) is 3.07. The molecule has 1 fully saturated rings. The number of imide groups is 1. The molecule has 0 aromatic heterocycles. The van der Waals surface area contributed by atoms with E-state index < -0.39 is 17.0 Å². The minimum Gasteiger partial charge on any atom is -0.486 e. The number of nitriles is 1. The van der Waals surface area contributed by atoms with Gasteiger partial charge in [-0.2, -0.15) is 5.26 Å². The summed E-state index contributed by atoms with van der Waals surface area (Å²) in [7, 11) is 0. The van der Waals surface area contributed by atoms with Crippen LogP contribution < -0.4 is 4.74 Å². The van der Waals surface area contributed by atoms with Crippen LogP contribution in [0.2, 0.25) is 10.0 Å². The van der Waals surface area contributed by atoms with E-state index in [0.29, 0.717) is 22.3 Å². The minimum atomic E-state index is -0.477. The fraction of sp³-hybridized carbons (Fsp3) is 0.0800. The summed E-state index contributed by atoms with van der Waals surface area (Å²) in [6.45, 7) is -0.0649. The van der Waals surface area contributed by atoms with E-state index in [1.165, 1.54) is 12.1 Å². The molecule has 3 aromatic rings. The Kier molecular flexibility index (Phi) is 7.23. The molecule has 0 aliphatic carbocycles. The monoisotopic (exact) mass is 512 g/mol. The number of ether oxygens (including phenoxy) is 1. The highest BCUT2D eigenvalue weighted by Crippen LogP contribution is 2.38. The summed E-state index contributed by atoms with van der Waals surface area (Å²) in [6, 6.07) is 18.1. The first-order chi connectivity index (χ1) is 16.4. The van der Waals surface area contributed by atoms with E-state index in [1.807, 2.05) is 0 Å². The summed E-state index contributed by atoms with van der Waals surface area (Å²) in [4.78, 5) is 26.6. The van der Waals surface area contributed by atoms with Gasteiger partial charge in [0.15, 0.2) is 5.75 Å². The Morgan fingerprint density at radius 3 is 2.35 bits per heavy atom. The molecule has 1 aliphatic rings. The zero-order chi connectivity index (χ0) is 24.2. The van der Waals surface area contributed by atoms with Crippen LogP contribution in [-0.2, 0) is 17.9 Å². The molecule has 0 N–H and O–H groups in total. The number of rotatable bonds is 6. The van der Waals surface area contributed by atoms with Crippen LogP contribution in [0.5, 0.6) is 5.75 Å². The highest BCUT2D eigenvalue weighted by Gasteiger charge is 2.35. The lowest BCUT2D eigenvalue weighted by Crippen LogP contribution is -2.27. The molecule has 1 aliphatic heterocycles. The predicted octanol–water partition coefficient (Wildman–Crippen LogP) is 6.82. The van der Waals surface area contributed by atoms with E-state index in [9.17, 15) is 19.2 Å². The largest absolute Gasteiger partial charge is 0.486 e. The Morgan fingerprint density at radius 1 is 1.03 bits per heavy atom. The van der Waals surface area contributed by atoms with Crippen molar-refractivity contribution in [2.45, 2.75) is 13.2 Å². The van der Waals surface area contributed by atoms with Crippen LogP contribution in [0.1, 0.15) is 22.3 Å². The van der Waals surface area contributed by atoms with Crippen LogP contribution in [0.15, 0.2) is 65.6 Å². The van der Waals surface area contributed by atoms with Gasteiger partial charge in [0.25, 0.3) is 11.1 Å². The lowest BCUT2D eigenvalue weighted by atomic mass is 10.1. The summed E-state index contributed by atoms with van der Waals surface area (Å²) in [6.07, 6.45) is 1.51. The molecule has 0 spiro atoms. The molecule has 3 aromatic carbocycles. The summed E-state index contributed by atoms with van der Waals surface area (Å²) in [5.41, 5.74) is 1.83. The summed E-state index contributed by atoms with van der Waals surface area (Å²) < 4.78 is 19.4. The highest BCUT2D eigenvalue weighted by molar-refractivity contribution is 8.18. The lowest BCUT2D eigenvalue weighted by Gasteiger charge is -2.13. The number of hydrogen-bond acceptors (Lipinski definition) is 5. The molecule has 1 heterocycles. The molecule has 1 saturated heterocycles. The van der Waals surface area contributed by atoms with Crippen molar-refractivity contribution >= 4 is 52.2 Å². The molecular formula is C25H15Cl2FN2O3S. The highest BCUT2D eigenvalue weighted by atomic mass is 35.5. The Labute approximate surface area is 209 Å². The Bertz CT molecular complexity index is 1350. The number of hydrogen-bond donors (Lipinski definition) is 0. The minimum absolute atomic E-state index is 0.00389. The molecule has 0 atom stereocenters. The zero-order valence-corrected chi connectivity index (χ0v) is 19.8. The second kappa shape index (κ2) is 10.3. The lowest BCUT2D eigenvalue weighted by molar-refractivity contribution is -0.123. The van der Waals surface area contributed by atoms with Gasteiger partial charge in [-0.15, -0.1) is 0 Å². The van der Waals surface area contributed by atoms with Crippen LogP contribution >= 0.6 is 35.0 Å². The first-order valence-electron chi connectivity index (χ1n) is 9.96. The van der Waals surface area contributed by atoms with E-state index in [0.717, 1.165) is 16.7 Å². The zero-order valence-electron chi connectivity index (χ0n) is 17.4. The summed E-state index contributed by atoms with van der Waals surface area (Å²) in [5, 5.41) is 9.17. The first kappa shape index (κ1) is 23.8. The predicted molar refractivity (Wildman–Crippen MR) is 130 cm³/mol. The van der Waals surface area contributed by atoms with Gasteiger partial charge in [0.1, 0.15) is 12.4 Å². The molecule has 0 unspecified atom stereocenters. The van der Waals surface area contributed by atoms with Crippen molar-refractivity contribution in [3.8, 4) is 11.8 Å². The molecule has 0 saturated carbocycles. The second-order valence-corrected chi connectivity index (χ2v) is 9.04. The van der Waals surface area contributed by atoms with Crippen molar-refractivity contribution in [1.29, 1.82) is 5.26 Å². The third-order valence-electron chi connectivity index (χ3n) is 4.99. The van der Waals surface area contributed by atoms with Crippen molar-refractivity contribution < 1.29 is 18.7 Å². The molecule has 4 rings (SSSR count). The van der Waals surface area contributed by atoms with Gasteiger partial charge < -0.3 is 4.74 Å². The van der Waals surface area contributed by atoms with Gasteiger partial charge in [-0.05, 0) is 53.2 Å². The van der Waals surface area contributed by atoms with Crippen LogP contribution in [0.4, 0.5) is 9.18 Å². The van der Waals surface area contributed by atoms with E-state index >= 15 is 0 Å². The molecule has 9 heteroatoms. The van der Waals surface area contributed by atoms with E-state index in [2.05, 4.69) is 6.07 Å². The van der Waals surface area contributed by atoms with E-state index in [-0.39, 0.29) is 33.9 Å². The number of carbonyl (C=O) groups is 2. The van der Waals surface area contributed by atoms with Crippen LogP contribution in [0, 0.1) is 17.1 Å². The fourth-order valence-corrected chi connectivity index (χ4v) is 4.74. The van der Waals surface area contributed by atoms with Crippen molar-refractivity contribution in [3.63, 3.8) is 0 Å². The third kappa shape index (κ3) is 5.10. The number of carbonyl (C=O) groups excluding carboxylic acids is 2. The van der Waals surface area contributed by atoms with Gasteiger partial charge in [0.2, 0.25) is 0 Å². The number of halogens is 3. The SMILES string of the molecule is N#Cc1ccccc1CN1C(=O)S/C(=C/c2cc(Cl)c(OCc3ccccc3F)c(Cl)c2)C1=O. The van der Waals surface area contributed by atoms with Gasteiger partial charge in [-0.1, -0.05) is 59.6 Å². The van der Waals surface area contributed by atoms with Gasteiger partial charge in [0.05, 0.1) is 33.1 Å². The number of benzene rings is 3. The van der Waals surface area contributed by atoms with Gasteiger partial charge in [0, 0.05) is 5.56 Å². The maximum atomic E-state index is 13.8. The van der Waals surface area contributed by atoms with Crippen molar-refractivity contribution in [3.05, 3.63) is 104 Å². The second-order valence-electron chi connectivity index (χ2n) is 7.23. The molecule has 0 bridgehead atoms. The fourth-order valence-electron chi connectivity index (χ4n) is 3.29. The average molecular weight is 513 g/mol. The molecule has 34 heavy (non-hydrogen) atoms. The van der Waals surface area contributed by atoms with E-state index in [4.69, 9.17) is 27.9 Å². The smallest absolute Gasteiger partial charge is 0.293 e. The Morgan fingerprint density at radius 2 is 1.68 bits per heavy atom. The molecule has 170 valence electrons. The number of nitrogens with zero attached hydrogens (tertiary/aromatic N) is 2. The first-order valence-corrected chi connectivity index (χ1v) is 11.5. The van der Waals surface area contributed by atoms with Crippen LogP contribution in [0.25, 0.3) is 6.08 Å². The van der Waals surface area contributed by atoms with Crippen LogP contribution in [-0.4, -0.2) is 16.0 Å². The Balaban J connectivity index is 1.52. The summed E-state index contributed by atoms with van der Waals surface area (Å²) in [5.74, 6) is -0.695. The topological polar surface area (TPSA) is 70.4 Å². The third-order valence-corrected chi connectivity index (χ3v) is 6.46. The van der Waals surface area contributed by atoms with Gasteiger partial charge >= 0.3 is 0 Å². The Hall–Kier alpha value is -3.31. The standard InChI is InChI=1S/C25H15Cl2FN2O3S/c26-19-9-15(10-20(27)23(19)33-14-18-7-3-4-8-21(18)28)11-22-24(31)30(25(32)34-22)13-17-6-2-1-5-16(17)12-29/h1-11H,13-14H2/b22-11+. The summed E-state index contributed by atoms with van der Waals surface area (Å²) >= 11 is 13.4. The van der Waals surface area contributed by atoms with Gasteiger partial charge in [-0.3, -0.25) is 14.5 Å². The number of amides is 2. The molecule has 5 nitrogen and oxygen atoms in total. The molecular weight excluding hydrogens is 498 g/mol. The maximum absolute atomic E-state index is 13.8. The van der Waals surface area contributed by atoms with Crippen molar-refractivity contribution in [1.82, 2.24) is 4.90 Å². The maximum Gasteiger partial charge on any atom is 0.293 e. The van der Waals surface area contributed by atoms with Crippen molar-refractivity contribution in [2.75, 3.05) is 0 Å². The van der Waals surface area contributed by atoms with E-state index in [1.54, 1.807) is 54.6 Å².